The summed E-state index contributed by atoms with van der Waals surface area (Å²) >= 11 is 0. The Bertz CT molecular complexity index is 866. The highest BCUT2D eigenvalue weighted by molar-refractivity contribution is 5.99. The molecule has 2 aromatic carbocycles. The molecule has 0 fully saturated rings. The number of carbonyl (C=O) groups is 1. The molecule has 0 aromatic heterocycles. The van der Waals surface area contributed by atoms with Crippen LogP contribution in [-0.2, 0) is 12.7 Å². The molecular weight excluding hydrogens is 339 g/mol. The molecule has 1 aliphatic rings. The molecule has 5 heteroatoms. The molecule has 1 heterocycles. The third-order valence-corrected chi connectivity index (χ3v) is 4.52. The Morgan fingerprint density at radius 2 is 1.96 bits per heavy atom. The lowest BCUT2D eigenvalue weighted by Gasteiger charge is -2.14. The van der Waals surface area contributed by atoms with Crippen molar-refractivity contribution in [2.75, 3.05) is 0 Å². The monoisotopic (exact) mass is 359 g/mol. The normalized spacial score (nSPS) is 13.3. The van der Waals surface area contributed by atoms with Crippen LogP contribution >= 0.6 is 0 Å². The van der Waals surface area contributed by atoms with Crippen LogP contribution in [0.25, 0.3) is 11.1 Å². The SMILES string of the molecule is CC(C)CCC(=O)c1cccc(-c2cc(C(F)(F)F)cc3c2C=NC3)c1. The van der Waals surface area contributed by atoms with Crippen molar-refractivity contribution >= 4 is 12.0 Å². The van der Waals surface area contributed by atoms with Crippen LogP contribution in [0.1, 0.15) is 53.7 Å². The fourth-order valence-electron chi connectivity index (χ4n) is 3.06. The molecule has 0 aliphatic carbocycles. The summed E-state index contributed by atoms with van der Waals surface area (Å²) < 4.78 is 39.7. The Labute approximate surface area is 150 Å². The number of hydrogen-bond acceptors (Lipinski definition) is 2. The van der Waals surface area contributed by atoms with Crippen LogP contribution < -0.4 is 0 Å². The van der Waals surface area contributed by atoms with Crippen molar-refractivity contribution in [1.82, 2.24) is 0 Å². The minimum absolute atomic E-state index is 0.0119. The standard InChI is InChI=1S/C21H20F3NO/c1-13(2)6-7-20(26)15-5-3-4-14(8-15)18-10-17(21(22,23)24)9-16-11-25-12-19(16)18/h3-5,8-10,12-13H,6-7,11H2,1-2H3. The molecule has 0 N–H and O–H groups in total. The number of rotatable bonds is 5. The van der Waals surface area contributed by atoms with Crippen LogP contribution in [0.2, 0.25) is 0 Å². The maximum absolute atomic E-state index is 13.2. The second kappa shape index (κ2) is 7.06. The summed E-state index contributed by atoms with van der Waals surface area (Å²) in [5.41, 5.74) is 2.18. The first kappa shape index (κ1) is 18.4. The molecule has 136 valence electrons. The molecule has 0 spiro atoms. The van der Waals surface area contributed by atoms with Gasteiger partial charge in [0.1, 0.15) is 0 Å². The number of fused-ring (bicyclic) bond motifs is 1. The van der Waals surface area contributed by atoms with E-state index in [-0.39, 0.29) is 12.3 Å². The highest BCUT2D eigenvalue weighted by Gasteiger charge is 2.32. The molecule has 0 bridgehead atoms. The Morgan fingerprint density at radius 1 is 1.19 bits per heavy atom. The van der Waals surface area contributed by atoms with Gasteiger partial charge < -0.3 is 0 Å². The van der Waals surface area contributed by atoms with E-state index in [0.29, 0.717) is 40.2 Å². The van der Waals surface area contributed by atoms with Crippen LogP contribution in [0.5, 0.6) is 0 Å². The van der Waals surface area contributed by atoms with E-state index in [1.54, 1.807) is 30.5 Å². The van der Waals surface area contributed by atoms with Gasteiger partial charge in [0.2, 0.25) is 0 Å². The number of hydrogen-bond donors (Lipinski definition) is 0. The number of nitrogens with zero attached hydrogens (tertiary/aromatic N) is 1. The summed E-state index contributed by atoms with van der Waals surface area (Å²) in [6.07, 6.45) is -1.59. The molecule has 2 nitrogen and oxygen atoms in total. The number of benzene rings is 2. The van der Waals surface area contributed by atoms with E-state index in [9.17, 15) is 18.0 Å². The zero-order valence-corrected chi connectivity index (χ0v) is 14.7. The Morgan fingerprint density at radius 3 is 2.65 bits per heavy atom. The van der Waals surface area contributed by atoms with Gasteiger partial charge in [-0.2, -0.15) is 13.2 Å². The molecular formula is C21H20F3NO. The summed E-state index contributed by atoms with van der Waals surface area (Å²) in [5, 5.41) is 0. The molecule has 0 saturated carbocycles. The second-order valence-electron chi connectivity index (χ2n) is 7.00. The van der Waals surface area contributed by atoms with Crippen molar-refractivity contribution in [3.8, 4) is 11.1 Å². The van der Waals surface area contributed by atoms with E-state index >= 15 is 0 Å². The van der Waals surface area contributed by atoms with Gasteiger partial charge in [-0.3, -0.25) is 9.79 Å². The highest BCUT2D eigenvalue weighted by atomic mass is 19.4. The van der Waals surface area contributed by atoms with Gasteiger partial charge in [0.15, 0.2) is 5.78 Å². The van der Waals surface area contributed by atoms with E-state index in [0.717, 1.165) is 18.6 Å². The fraction of sp³-hybridized carbons (Fsp3) is 0.333. The molecule has 2 aromatic rings. The van der Waals surface area contributed by atoms with Gasteiger partial charge in [0, 0.05) is 23.8 Å². The number of ketones is 1. The number of alkyl halides is 3. The van der Waals surface area contributed by atoms with Gasteiger partial charge in [-0.15, -0.1) is 0 Å². The van der Waals surface area contributed by atoms with Crippen LogP contribution in [0.4, 0.5) is 13.2 Å². The third kappa shape index (κ3) is 3.87. The number of aliphatic imine (C=N–C) groups is 1. The lowest BCUT2D eigenvalue weighted by Crippen LogP contribution is -2.07. The lowest BCUT2D eigenvalue weighted by molar-refractivity contribution is -0.137. The zero-order chi connectivity index (χ0) is 18.9. The van der Waals surface area contributed by atoms with Gasteiger partial charge in [-0.05, 0) is 47.2 Å². The van der Waals surface area contributed by atoms with Gasteiger partial charge in [0.25, 0.3) is 0 Å². The van der Waals surface area contributed by atoms with Crippen molar-refractivity contribution in [2.24, 2.45) is 10.9 Å². The maximum atomic E-state index is 13.2. The molecule has 1 aliphatic heterocycles. The molecule has 0 saturated heterocycles. The molecule has 26 heavy (non-hydrogen) atoms. The van der Waals surface area contributed by atoms with Crippen molar-refractivity contribution in [3.63, 3.8) is 0 Å². The molecule has 0 amide bonds. The van der Waals surface area contributed by atoms with E-state index in [1.807, 2.05) is 0 Å². The Hall–Kier alpha value is -2.43. The predicted molar refractivity (Wildman–Crippen MR) is 96.6 cm³/mol. The third-order valence-electron chi connectivity index (χ3n) is 4.52. The fourth-order valence-corrected chi connectivity index (χ4v) is 3.06. The zero-order valence-electron chi connectivity index (χ0n) is 14.7. The summed E-state index contributed by atoms with van der Waals surface area (Å²) in [5.74, 6) is 0.433. The van der Waals surface area contributed by atoms with Crippen LogP contribution in [0, 0.1) is 5.92 Å². The van der Waals surface area contributed by atoms with Crippen molar-refractivity contribution in [1.29, 1.82) is 0 Å². The average Bonchev–Trinajstić information content (AvgIpc) is 3.06. The first-order valence-corrected chi connectivity index (χ1v) is 8.63. The minimum atomic E-state index is -4.42. The van der Waals surface area contributed by atoms with E-state index < -0.39 is 11.7 Å². The number of Topliss-reactive ketones (excluding diaryl/α,β-unsaturated/α-hetero) is 1. The van der Waals surface area contributed by atoms with Crippen LogP contribution in [0.15, 0.2) is 41.4 Å². The van der Waals surface area contributed by atoms with Crippen molar-refractivity contribution in [3.05, 3.63) is 58.7 Å². The van der Waals surface area contributed by atoms with Gasteiger partial charge >= 0.3 is 6.18 Å². The van der Waals surface area contributed by atoms with Crippen LogP contribution in [-0.4, -0.2) is 12.0 Å². The molecule has 3 rings (SSSR count). The summed E-state index contributed by atoms with van der Waals surface area (Å²) in [6, 6.07) is 9.16. The van der Waals surface area contributed by atoms with Gasteiger partial charge in [0.05, 0.1) is 12.1 Å². The van der Waals surface area contributed by atoms with E-state index in [2.05, 4.69) is 18.8 Å². The summed E-state index contributed by atoms with van der Waals surface area (Å²) in [6.45, 7) is 4.35. The van der Waals surface area contributed by atoms with Gasteiger partial charge in [-0.1, -0.05) is 32.0 Å². The molecule has 0 unspecified atom stereocenters. The number of carbonyl (C=O) groups excluding carboxylic acids is 1. The lowest BCUT2D eigenvalue weighted by atomic mass is 9.92. The topological polar surface area (TPSA) is 29.4 Å². The summed E-state index contributed by atoms with van der Waals surface area (Å²) in [4.78, 5) is 16.5. The second-order valence-corrected chi connectivity index (χ2v) is 7.00. The van der Waals surface area contributed by atoms with Gasteiger partial charge in [-0.25, -0.2) is 0 Å². The quantitative estimate of drug-likeness (QED) is 0.609. The number of halogens is 3. The smallest absolute Gasteiger partial charge is 0.294 e. The Kier molecular flexibility index (Phi) is 4.99. The Balaban J connectivity index is 2.02. The first-order valence-electron chi connectivity index (χ1n) is 8.63. The largest absolute Gasteiger partial charge is 0.416 e. The minimum Gasteiger partial charge on any atom is -0.294 e. The predicted octanol–water partition coefficient (Wildman–Crippen LogP) is 5.92. The van der Waals surface area contributed by atoms with E-state index in [1.165, 1.54) is 0 Å². The van der Waals surface area contributed by atoms with Crippen molar-refractivity contribution in [2.45, 2.75) is 39.4 Å². The average molecular weight is 359 g/mol. The van der Waals surface area contributed by atoms with Crippen LogP contribution in [0.3, 0.4) is 0 Å². The first-order chi connectivity index (χ1) is 12.3. The molecule has 0 atom stereocenters. The van der Waals surface area contributed by atoms with E-state index in [4.69, 9.17) is 0 Å². The van der Waals surface area contributed by atoms with Crippen molar-refractivity contribution < 1.29 is 18.0 Å². The maximum Gasteiger partial charge on any atom is 0.416 e. The highest BCUT2D eigenvalue weighted by Crippen LogP contribution is 2.37. The molecule has 0 radical (unpaired) electrons. The summed E-state index contributed by atoms with van der Waals surface area (Å²) in [7, 11) is 0.